The van der Waals surface area contributed by atoms with E-state index in [1.165, 1.54) is 0 Å². The Morgan fingerprint density at radius 3 is 2.53 bits per heavy atom. The number of carbonyl (C=O) groups is 2. The Morgan fingerprint density at radius 1 is 1.42 bits per heavy atom. The Hall–Kier alpha value is -1.37. The van der Waals surface area contributed by atoms with E-state index < -0.39 is 24.2 Å². The minimum Gasteiger partial charge on any atom is -0.385 e. The van der Waals surface area contributed by atoms with Gasteiger partial charge in [-0.1, -0.05) is 19.1 Å². The lowest BCUT2D eigenvalue weighted by Gasteiger charge is -2.20. The van der Waals surface area contributed by atoms with Gasteiger partial charge in [-0.3, -0.25) is 4.90 Å². The number of esters is 2. The van der Waals surface area contributed by atoms with E-state index in [0.29, 0.717) is 19.5 Å². The monoisotopic (exact) mass is 279 g/mol. The van der Waals surface area contributed by atoms with Gasteiger partial charge in [-0.05, 0) is 25.8 Å². The molecule has 2 atom stereocenters. The molecule has 4 nitrogen and oxygen atoms in total. The van der Waals surface area contributed by atoms with Gasteiger partial charge in [-0.15, -0.1) is 0 Å². The highest BCUT2D eigenvalue weighted by atomic mass is 19.4. The predicted octanol–water partition coefficient (Wildman–Crippen LogP) is 1.91. The van der Waals surface area contributed by atoms with Crippen molar-refractivity contribution in [3.05, 3.63) is 12.2 Å². The van der Waals surface area contributed by atoms with Gasteiger partial charge in [0.15, 0.2) is 0 Å². The van der Waals surface area contributed by atoms with Crippen molar-refractivity contribution in [3.8, 4) is 0 Å². The molecule has 0 saturated carbocycles. The van der Waals surface area contributed by atoms with Crippen LogP contribution in [0.15, 0.2) is 12.2 Å². The maximum absolute atomic E-state index is 12.0. The first-order chi connectivity index (χ1) is 8.79. The summed E-state index contributed by atoms with van der Waals surface area (Å²) in [4.78, 5) is 24.0. The first-order valence-corrected chi connectivity index (χ1v) is 5.99. The van der Waals surface area contributed by atoms with Gasteiger partial charge in [0.2, 0.25) is 0 Å². The average molecular weight is 279 g/mol. The highest BCUT2D eigenvalue weighted by molar-refractivity contribution is 5.91. The fraction of sp³-hybridized carbons (Fsp3) is 0.667. The summed E-state index contributed by atoms with van der Waals surface area (Å²) < 4.78 is 40.0. The molecule has 0 aromatic heterocycles. The SMILES string of the molecule is C/C=C\C1CC(C(=O)OC(=O)C(F)(F)F)N(CC)C1. The van der Waals surface area contributed by atoms with Crippen molar-refractivity contribution < 1.29 is 27.5 Å². The van der Waals surface area contributed by atoms with Crippen LogP contribution in [0.4, 0.5) is 13.2 Å². The zero-order valence-corrected chi connectivity index (χ0v) is 10.7. The lowest BCUT2D eigenvalue weighted by atomic mass is 10.1. The molecule has 1 saturated heterocycles. The molecule has 0 amide bonds. The van der Waals surface area contributed by atoms with Crippen molar-refractivity contribution in [1.82, 2.24) is 4.90 Å². The van der Waals surface area contributed by atoms with Crippen LogP contribution in [0, 0.1) is 5.92 Å². The zero-order chi connectivity index (χ0) is 14.6. The Kier molecular flexibility index (Phi) is 5.11. The fourth-order valence-corrected chi connectivity index (χ4v) is 2.16. The van der Waals surface area contributed by atoms with E-state index in [1.807, 2.05) is 19.1 Å². The topological polar surface area (TPSA) is 46.6 Å². The van der Waals surface area contributed by atoms with Crippen LogP contribution in [0.25, 0.3) is 0 Å². The molecule has 7 heteroatoms. The summed E-state index contributed by atoms with van der Waals surface area (Å²) in [5.41, 5.74) is 0. The van der Waals surface area contributed by atoms with Crippen LogP contribution in [0.1, 0.15) is 20.3 Å². The third kappa shape index (κ3) is 4.05. The maximum atomic E-state index is 12.0. The van der Waals surface area contributed by atoms with E-state index in [0.717, 1.165) is 0 Å². The molecule has 0 aromatic carbocycles. The van der Waals surface area contributed by atoms with E-state index in [1.54, 1.807) is 11.8 Å². The standard InChI is InChI=1S/C12H16F3NO3/c1-3-5-8-6-9(16(4-2)7-8)10(17)19-11(18)12(13,14)15/h3,5,8-9H,4,6-7H2,1-2H3/b5-3-. The van der Waals surface area contributed by atoms with Gasteiger partial charge in [-0.2, -0.15) is 13.2 Å². The molecule has 1 rings (SSSR count). The molecule has 0 bridgehead atoms. The quantitative estimate of drug-likeness (QED) is 0.450. The molecule has 1 heterocycles. The van der Waals surface area contributed by atoms with Crippen molar-refractivity contribution in [3.63, 3.8) is 0 Å². The number of hydrogen-bond acceptors (Lipinski definition) is 4. The fourth-order valence-electron chi connectivity index (χ4n) is 2.16. The summed E-state index contributed by atoms with van der Waals surface area (Å²) in [6.07, 6.45) is -1.06. The molecule has 108 valence electrons. The van der Waals surface area contributed by atoms with E-state index in [9.17, 15) is 22.8 Å². The van der Waals surface area contributed by atoms with Crippen LogP contribution >= 0.6 is 0 Å². The second-order valence-electron chi connectivity index (χ2n) is 4.33. The van der Waals surface area contributed by atoms with Gasteiger partial charge in [0.05, 0.1) is 0 Å². The smallest absolute Gasteiger partial charge is 0.385 e. The summed E-state index contributed by atoms with van der Waals surface area (Å²) >= 11 is 0. The molecule has 1 aliphatic heterocycles. The number of carbonyl (C=O) groups excluding carboxylic acids is 2. The molecule has 2 unspecified atom stereocenters. The lowest BCUT2D eigenvalue weighted by molar-refractivity contribution is -0.203. The Balaban J connectivity index is 2.68. The van der Waals surface area contributed by atoms with E-state index >= 15 is 0 Å². The molecule has 1 fully saturated rings. The second-order valence-corrected chi connectivity index (χ2v) is 4.33. The number of likely N-dealkylation sites (tertiary alicyclic amines) is 1. The van der Waals surface area contributed by atoms with E-state index in [2.05, 4.69) is 4.74 Å². The van der Waals surface area contributed by atoms with Gasteiger partial charge in [0.1, 0.15) is 6.04 Å². The minimum atomic E-state index is -5.14. The minimum absolute atomic E-state index is 0.0866. The molecule has 19 heavy (non-hydrogen) atoms. The summed E-state index contributed by atoms with van der Waals surface area (Å²) in [7, 11) is 0. The molecule has 0 N–H and O–H groups in total. The summed E-state index contributed by atoms with van der Waals surface area (Å²) in [6, 6.07) is -0.794. The average Bonchev–Trinajstić information content (AvgIpc) is 2.71. The lowest BCUT2D eigenvalue weighted by Crippen LogP contribution is -2.40. The molecular formula is C12H16F3NO3. The predicted molar refractivity (Wildman–Crippen MR) is 61.1 cm³/mol. The first-order valence-electron chi connectivity index (χ1n) is 5.99. The zero-order valence-electron chi connectivity index (χ0n) is 10.7. The molecule has 0 aliphatic carbocycles. The van der Waals surface area contributed by atoms with Crippen LogP contribution in [-0.4, -0.2) is 42.1 Å². The van der Waals surface area contributed by atoms with Gasteiger partial charge in [0, 0.05) is 6.54 Å². The van der Waals surface area contributed by atoms with Crippen LogP contribution in [0.2, 0.25) is 0 Å². The van der Waals surface area contributed by atoms with Crippen molar-refractivity contribution in [2.75, 3.05) is 13.1 Å². The van der Waals surface area contributed by atoms with E-state index in [-0.39, 0.29) is 5.92 Å². The number of ether oxygens (including phenoxy) is 1. The molecule has 0 aromatic rings. The van der Waals surface area contributed by atoms with Crippen LogP contribution < -0.4 is 0 Å². The van der Waals surface area contributed by atoms with Gasteiger partial charge in [-0.25, -0.2) is 9.59 Å². The number of nitrogens with zero attached hydrogens (tertiary/aromatic N) is 1. The summed E-state index contributed by atoms with van der Waals surface area (Å²) in [5, 5.41) is 0. The number of alkyl halides is 3. The van der Waals surface area contributed by atoms with Crippen molar-refractivity contribution in [2.45, 2.75) is 32.5 Å². The van der Waals surface area contributed by atoms with Crippen LogP contribution in [-0.2, 0) is 14.3 Å². The second kappa shape index (κ2) is 6.18. The molecular weight excluding hydrogens is 263 g/mol. The van der Waals surface area contributed by atoms with E-state index in [4.69, 9.17) is 0 Å². The number of allylic oxidation sites excluding steroid dienone is 1. The molecule has 0 spiro atoms. The summed E-state index contributed by atoms with van der Waals surface area (Å²) in [5.74, 6) is -3.50. The Morgan fingerprint density at radius 2 is 2.05 bits per heavy atom. The highest BCUT2D eigenvalue weighted by Gasteiger charge is 2.45. The number of halogens is 3. The highest BCUT2D eigenvalue weighted by Crippen LogP contribution is 2.26. The van der Waals surface area contributed by atoms with Crippen molar-refractivity contribution in [2.24, 2.45) is 5.92 Å². The Labute approximate surface area is 109 Å². The molecule has 1 aliphatic rings. The summed E-state index contributed by atoms with van der Waals surface area (Å²) in [6.45, 7) is 4.70. The number of rotatable bonds is 3. The van der Waals surface area contributed by atoms with Crippen molar-refractivity contribution in [1.29, 1.82) is 0 Å². The van der Waals surface area contributed by atoms with Gasteiger partial charge in [0.25, 0.3) is 0 Å². The Bertz CT molecular complexity index is 379. The van der Waals surface area contributed by atoms with Crippen molar-refractivity contribution >= 4 is 11.9 Å². The third-order valence-corrected chi connectivity index (χ3v) is 3.00. The number of hydrogen-bond donors (Lipinski definition) is 0. The largest absolute Gasteiger partial charge is 0.491 e. The van der Waals surface area contributed by atoms with Crippen LogP contribution in [0.5, 0.6) is 0 Å². The first kappa shape index (κ1) is 15.7. The molecule has 0 radical (unpaired) electrons. The van der Waals surface area contributed by atoms with Gasteiger partial charge >= 0.3 is 18.1 Å². The normalized spacial score (nSPS) is 24.9. The number of likely N-dealkylation sites (N-methyl/N-ethyl adjacent to an activating group) is 1. The van der Waals surface area contributed by atoms with Crippen LogP contribution in [0.3, 0.4) is 0 Å². The van der Waals surface area contributed by atoms with Gasteiger partial charge < -0.3 is 4.74 Å². The maximum Gasteiger partial charge on any atom is 0.491 e. The third-order valence-electron chi connectivity index (χ3n) is 3.00.